The average molecular weight is 415 g/mol. The molecule has 0 spiro atoms. The fourth-order valence-electron chi connectivity index (χ4n) is 2.78. The van der Waals surface area contributed by atoms with Crippen LogP contribution in [-0.2, 0) is 4.79 Å². The molecule has 0 bridgehead atoms. The molecule has 2 rings (SSSR count). The first-order chi connectivity index (χ1) is 11.9. The summed E-state index contributed by atoms with van der Waals surface area (Å²) in [6.07, 6.45) is 0. The molecule has 1 aliphatic rings. The Kier molecular flexibility index (Phi) is 7.19. The summed E-state index contributed by atoms with van der Waals surface area (Å²) in [6, 6.07) is 4.56. The van der Waals surface area contributed by atoms with Gasteiger partial charge in [0.2, 0.25) is 5.91 Å². The molecule has 0 radical (unpaired) electrons. The fourth-order valence-corrected chi connectivity index (χ4v) is 3.11. The van der Waals surface area contributed by atoms with Gasteiger partial charge in [0.1, 0.15) is 5.82 Å². The zero-order valence-electron chi connectivity index (χ0n) is 14.6. The highest BCUT2D eigenvalue weighted by molar-refractivity contribution is 9.10. The quantitative estimate of drug-likeness (QED) is 0.805. The van der Waals surface area contributed by atoms with E-state index in [9.17, 15) is 14.0 Å². The molecule has 0 saturated carbocycles. The summed E-state index contributed by atoms with van der Waals surface area (Å²) in [6.45, 7) is 7.93. The highest BCUT2D eigenvalue weighted by Gasteiger charge is 2.24. The smallest absolute Gasteiger partial charge is 0.320 e. The number of carbonyl (C=O) groups is 2. The number of benzene rings is 1. The molecule has 1 aromatic rings. The number of rotatable bonds is 5. The van der Waals surface area contributed by atoms with E-state index < -0.39 is 5.82 Å². The molecule has 1 saturated heterocycles. The van der Waals surface area contributed by atoms with Gasteiger partial charge in [-0.05, 0) is 32.0 Å². The molecule has 0 unspecified atom stereocenters. The highest BCUT2D eigenvalue weighted by Crippen LogP contribution is 2.19. The highest BCUT2D eigenvalue weighted by atomic mass is 79.9. The lowest BCUT2D eigenvalue weighted by Crippen LogP contribution is -2.53. The van der Waals surface area contributed by atoms with Gasteiger partial charge in [0, 0.05) is 43.7 Å². The van der Waals surface area contributed by atoms with Crippen LogP contribution in [0.15, 0.2) is 22.7 Å². The Labute approximate surface area is 156 Å². The van der Waals surface area contributed by atoms with Crippen LogP contribution >= 0.6 is 15.9 Å². The minimum Gasteiger partial charge on any atom is -0.325 e. The first kappa shape index (κ1) is 19.7. The van der Waals surface area contributed by atoms with Crippen LogP contribution < -0.4 is 5.32 Å². The van der Waals surface area contributed by atoms with E-state index in [0.717, 1.165) is 0 Å². The van der Waals surface area contributed by atoms with Crippen molar-refractivity contribution in [1.82, 2.24) is 14.7 Å². The SMILES string of the molecule is CCN(CC)C(=O)N1CCN(CC(=O)Nc2ccc(Br)cc2F)CC1. The minimum absolute atomic E-state index is 0.0473. The van der Waals surface area contributed by atoms with Crippen molar-refractivity contribution in [2.24, 2.45) is 0 Å². The van der Waals surface area contributed by atoms with E-state index in [2.05, 4.69) is 21.2 Å². The summed E-state index contributed by atoms with van der Waals surface area (Å²) in [7, 11) is 0. The summed E-state index contributed by atoms with van der Waals surface area (Å²) in [5, 5.41) is 2.59. The van der Waals surface area contributed by atoms with Crippen LogP contribution in [0.5, 0.6) is 0 Å². The Morgan fingerprint density at radius 1 is 1.20 bits per heavy atom. The van der Waals surface area contributed by atoms with E-state index in [1.807, 2.05) is 23.6 Å². The van der Waals surface area contributed by atoms with Gasteiger partial charge in [-0.1, -0.05) is 15.9 Å². The third-order valence-corrected chi connectivity index (χ3v) is 4.74. The molecule has 1 heterocycles. The number of piperazine rings is 1. The second kappa shape index (κ2) is 9.15. The standard InChI is InChI=1S/C17H24BrFN4O2/c1-3-22(4-2)17(25)23-9-7-21(8-10-23)12-16(24)20-15-6-5-13(18)11-14(15)19/h5-6,11H,3-4,7-10,12H2,1-2H3,(H,20,24). The molecule has 1 aliphatic heterocycles. The van der Waals surface area contributed by atoms with Gasteiger partial charge in [-0.15, -0.1) is 0 Å². The van der Waals surface area contributed by atoms with Crippen molar-refractivity contribution in [3.05, 3.63) is 28.5 Å². The number of carbonyl (C=O) groups excluding carboxylic acids is 2. The molecule has 3 amide bonds. The van der Waals surface area contributed by atoms with Crippen molar-refractivity contribution in [2.45, 2.75) is 13.8 Å². The van der Waals surface area contributed by atoms with E-state index in [4.69, 9.17) is 0 Å². The topological polar surface area (TPSA) is 55.9 Å². The first-order valence-corrected chi connectivity index (χ1v) is 9.25. The second-order valence-electron chi connectivity index (χ2n) is 5.89. The van der Waals surface area contributed by atoms with Crippen LogP contribution in [-0.4, -0.2) is 72.5 Å². The van der Waals surface area contributed by atoms with Crippen LogP contribution in [0.3, 0.4) is 0 Å². The molecule has 0 atom stereocenters. The van der Waals surface area contributed by atoms with E-state index in [0.29, 0.717) is 43.7 Å². The molecule has 138 valence electrons. The maximum atomic E-state index is 13.8. The molecule has 6 nitrogen and oxygen atoms in total. The summed E-state index contributed by atoms with van der Waals surface area (Å²) >= 11 is 3.18. The number of anilines is 1. The zero-order valence-corrected chi connectivity index (χ0v) is 16.2. The van der Waals surface area contributed by atoms with Crippen LogP contribution in [0.4, 0.5) is 14.9 Å². The van der Waals surface area contributed by atoms with Gasteiger partial charge in [-0.3, -0.25) is 9.69 Å². The van der Waals surface area contributed by atoms with Crippen molar-refractivity contribution in [1.29, 1.82) is 0 Å². The lowest BCUT2D eigenvalue weighted by Gasteiger charge is -2.36. The third kappa shape index (κ3) is 5.40. The Hall–Kier alpha value is -1.67. The van der Waals surface area contributed by atoms with Gasteiger partial charge in [-0.25, -0.2) is 9.18 Å². The Bertz CT molecular complexity index is 617. The van der Waals surface area contributed by atoms with Gasteiger partial charge in [0.05, 0.1) is 12.2 Å². The summed E-state index contributed by atoms with van der Waals surface area (Å²) < 4.78 is 14.4. The third-order valence-electron chi connectivity index (χ3n) is 4.25. The number of nitrogens with one attached hydrogen (secondary N) is 1. The normalized spacial score (nSPS) is 15.1. The maximum Gasteiger partial charge on any atom is 0.320 e. The van der Waals surface area contributed by atoms with E-state index >= 15 is 0 Å². The lowest BCUT2D eigenvalue weighted by atomic mass is 10.3. The number of hydrogen-bond donors (Lipinski definition) is 1. The molecule has 1 aromatic carbocycles. The molecular formula is C17H24BrFN4O2. The van der Waals surface area contributed by atoms with Crippen molar-refractivity contribution >= 4 is 33.6 Å². The second-order valence-corrected chi connectivity index (χ2v) is 6.81. The monoisotopic (exact) mass is 414 g/mol. The molecule has 1 fully saturated rings. The van der Waals surface area contributed by atoms with Crippen molar-refractivity contribution in [3.8, 4) is 0 Å². The Balaban J connectivity index is 1.81. The number of hydrogen-bond acceptors (Lipinski definition) is 3. The summed E-state index contributed by atoms with van der Waals surface area (Å²) in [5.74, 6) is -0.734. The van der Waals surface area contributed by atoms with Gasteiger partial charge < -0.3 is 15.1 Å². The van der Waals surface area contributed by atoms with E-state index in [-0.39, 0.29) is 24.2 Å². The molecule has 1 N–H and O–H groups in total. The number of amides is 3. The Morgan fingerprint density at radius 2 is 1.84 bits per heavy atom. The number of nitrogens with zero attached hydrogens (tertiary/aromatic N) is 3. The maximum absolute atomic E-state index is 13.8. The predicted molar refractivity (Wildman–Crippen MR) is 99.1 cm³/mol. The molecule has 0 aliphatic carbocycles. The minimum atomic E-state index is -0.475. The number of urea groups is 1. The molecule has 25 heavy (non-hydrogen) atoms. The van der Waals surface area contributed by atoms with Crippen LogP contribution in [0.2, 0.25) is 0 Å². The van der Waals surface area contributed by atoms with Gasteiger partial charge in [-0.2, -0.15) is 0 Å². The molecule has 0 aromatic heterocycles. The fraction of sp³-hybridized carbons (Fsp3) is 0.529. The van der Waals surface area contributed by atoms with Gasteiger partial charge in [0.15, 0.2) is 0 Å². The van der Waals surface area contributed by atoms with Crippen molar-refractivity contribution < 1.29 is 14.0 Å². The summed E-state index contributed by atoms with van der Waals surface area (Å²) in [5.41, 5.74) is 0.170. The van der Waals surface area contributed by atoms with E-state index in [1.54, 1.807) is 11.0 Å². The zero-order chi connectivity index (χ0) is 18.4. The first-order valence-electron chi connectivity index (χ1n) is 8.45. The van der Waals surface area contributed by atoms with Gasteiger partial charge in [0.25, 0.3) is 0 Å². The lowest BCUT2D eigenvalue weighted by molar-refractivity contribution is -0.117. The van der Waals surface area contributed by atoms with Crippen LogP contribution in [0, 0.1) is 5.82 Å². The van der Waals surface area contributed by atoms with Crippen molar-refractivity contribution in [3.63, 3.8) is 0 Å². The summed E-state index contributed by atoms with van der Waals surface area (Å²) in [4.78, 5) is 30.0. The largest absolute Gasteiger partial charge is 0.325 e. The van der Waals surface area contributed by atoms with Crippen LogP contribution in [0.1, 0.15) is 13.8 Å². The average Bonchev–Trinajstić information content (AvgIpc) is 2.59. The predicted octanol–water partition coefficient (Wildman–Crippen LogP) is 2.61. The number of halogens is 2. The molecular weight excluding hydrogens is 391 g/mol. The van der Waals surface area contributed by atoms with Gasteiger partial charge >= 0.3 is 6.03 Å². The van der Waals surface area contributed by atoms with Crippen molar-refractivity contribution in [2.75, 3.05) is 51.1 Å². The Morgan fingerprint density at radius 3 is 2.40 bits per heavy atom. The molecule has 8 heteroatoms. The van der Waals surface area contributed by atoms with Crippen LogP contribution in [0.25, 0.3) is 0 Å². The van der Waals surface area contributed by atoms with E-state index in [1.165, 1.54) is 12.1 Å².